The molecule has 6 aromatic rings. The van der Waals surface area contributed by atoms with Crippen LogP contribution in [0.4, 0.5) is 11.6 Å². The molecule has 40 heavy (non-hydrogen) atoms. The minimum Gasteiger partial charge on any atom is -0.362 e. The Labute approximate surface area is 238 Å². The largest absolute Gasteiger partial charge is 0.362 e. The lowest BCUT2D eigenvalue weighted by molar-refractivity contribution is 0.865. The molecule has 0 saturated heterocycles. The van der Waals surface area contributed by atoms with E-state index in [1.54, 1.807) is 24.9 Å². The topological polar surface area (TPSA) is 93.4 Å². The van der Waals surface area contributed by atoms with Crippen LogP contribution in [-0.4, -0.2) is 29.5 Å². The van der Waals surface area contributed by atoms with Crippen molar-refractivity contribution in [3.63, 3.8) is 0 Å². The highest BCUT2D eigenvalue weighted by Crippen LogP contribution is 2.20. The van der Waals surface area contributed by atoms with Crippen LogP contribution in [0.1, 0.15) is 37.1 Å². The molecule has 0 unspecified atom stereocenters. The minimum absolute atomic E-state index is 0.148. The van der Waals surface area contributed by atoms with Crippen molar-refractivity contribution in [3.05, 3.63) is 132 Å². The van der Waals surface area contributed by atoms with E-state index in [-0.39, 0.29) is 12.1 Å². The van der Waals surface area contributed by atoms with E-state index in [9.17, 15) is 0 Å². The number of halogens is 1. The van der Waals surface area contributed by atoms with Gasteiger partial charge >= 0.3 is 0 Å². The lowest BCUT2D eigenvalue weighted by atomic mass is 10.1. The predicted molar refractivity (Wildman–Crippen MR) is 161 cm³/mol. The maximum absolute atomic E-state index is 5.76. The monoisotopic (exact) mass is 548 g/mol. The second-order valence-electron chi connectivity index (χ2n) is 9.15. The molecule has 3 heterocycles. The van der Waals surface area contributed by atoms with Crippen molar-refractivity contribution in [3.8, 4) is 5.82 Å². The van der Waals surface area contributed by atoms with Crippen molar-refractivity contribution >= 4 is 34.3 Å². The van der Waals surface area contributed by atoms with Gasteiger partial charge in [-0.2, -0.15) is 0 Å². The first-order valence-corrected chi connectivity index (χ1v) is 13.3. The first kappa shape index (κ1) is 26.8. The molecule has 0 fully saturated rings. The molecule has 9 heteroatoms. The number of hydrogen-bond acceptors (Lipinski definition) is 7. The van der Waals surface area contributed by atoms with Crippen molar-refractivity contribution < 1.29 is 0 Å². The highest BCUT2D eigenvalue weighted by Gasteiger charge is 2.09. The van der Waals surface area contributed by atoms with Gasteiger partial charge in [-0.25, -0.2) is 15.0 Å². The lowest BCUT2D eigenvalue weighted by Crippen LogP contribution is -2.09. The van der Waals surface area contributed by atoms with Gasteiger partial charge in [0.2, 0.25) is 0 Å². The van der Waals surface area contributed by atoms with E-state index in [4.69, 9.17) is 11.6 Å². The summed E-state index contributed by atoms with van der Waals surface area (Å²) in [5.41, 5.74) is 4.36. The summed E-state index contributed by atoms with van der Waals surface area (Å²) in [4.78, 5) is 21.5. The molecule has 2 N–H and O–H groups in total. The fraction of sp³-hybridized carbons (Fsp3) is 0.129. The Balaban J connectivity index is 0.000000176. The first-order chi connectivity index (χ1) is 19.6. The quantitative estimate of drug-likeness (QED) is 0.216. The van der Waals surface area contributed by atoms with E-state index in [1.807, 2.05) is 65.2 Å². The number of benzene rings is 3. The molecular formula is C31H29ClN8. The molecule has 3 aromatic carbocycles. The molecule has 200 valence electrons. The summed E-state index contributed by atoms with van der Waals surface area (Å²) in [6.07, 6.45) is 8.43. The van der Waals surface area contributed by atoms with Gasteiger partial charge in [0.15, 0.2) is 5.82 Å². The van der Waals surface area contributed by atoms with Crippen LogP contribution in [-0.2, 0) is 0 Å². The number of nitrogens with one attached hydrogen (secondary N) is 2. The highest BCUT2D eigenvalue weighted by atomic mass is 35.5. The number of rotatable bonds is 7. The van der Waals surface area contributed by atoms with Gasteiger partial charge in [0.25, 0.3) is 0 Å². The predicted octanol–water partition coefficient (Wildman–Crippen LogP) is 7.29. The number of aromatic nitrogens is 6. The maximum Gasteiger partial charge on any atom is 0.159 e. The van der Waals surface area contributed by atoms with Crippen molar-refractivity contribution in [1.29, 1.82) is 0 Å². The molecule has 0 saturated carbocycles. The average Bonchev–Trinajstić information content (AvgIpc) is 3.43. The van der Waals surface area contributed by atoms with Crippen LogP contribution in [0, 0.1) is 0 Å². The Kier molecular flexibility index (Phi) is 8.58. The molecular weight excluding hydrogens is 520 g/mol. The number of imidazole rings is 1. The third-order valence-corrected chi connectivity index (χ3v) is 6.44. The number of nitrogens with zero attached hydrogens (tertiary/aromatic N) is 6. The minimum atomic E-state index is 0.148. The number of fused-ring (bicyclic) bond motifs is 1. The second kappa shape index (κ2) is 12.8. The summed E-state index contributed by atoms with van der Waals surface area (Å²) in [7, 11) is 0. The smallest absolute Gasteiger partial charge is 0.159 e. The summed E-state index contributed by atoms with van der Waals surface area (Å²) in [5.74, 6) is 2.17. The first-order valence-electron chi connectivity index (χ1n) is 12.9. The molecule has 0 spiro atoms. The Morgan fingerprint density at radius 3 is 1.82 bits per heavy atom. The van der Waals surface area contributed by atoms with Crippen molar-refractivity contribution in [1.82, 2.24) is 29.5 Å². The zero-order chi connectivity index (χ0) is 27.7. The maximum atomic E-state index is 5.76. The summed E-state index contributed by atoms with van der Waals surface area (Å²) in [6, 6.07) is 28.7. The third-order valence-electron chi connectivity index (χ3n) is 6.26. The molecule has 0 aliphatic rings. The third kappa shape index (κ3) is 6.78. The molecule has 0 bridgehead atoms. The molecule has 0 aliphatic heterocycles. The summed E-state index contributed by atoms with van der Waals surface area (Å²) in [5, 5.41) is 7.04. The van der Waals surface area contributed by atoms with E-state index < -0.39 is 0 Å². The number of para-hydroxylation sites is 2. The summed E-state index contributed by atoms with van der Waals surface area (Å²) >= 11 is 5.76. The molecule has 0 amide bonds. The number of anilines is 2. The molecule has 3 aromatic heterocycles. The van der Waals surface area contributed by atoms with E-state index in [0.29, 0.717) is 11.0 Å². The SMILES string of the molecule is C[C@H](Nc1cncc(-n2cnc3ccccc32)n1)c1ccccc1.C[C@H](Nc1cncc(Cl)n1)c1ccccc1. The highest BCUT2D eigenvalue weighted by molar-refractivity contribution is 6.29. The molecule has 8 nitrogen and oxygen atoms in total. The Bertz CT molecular complexity index is 1660. The van der Waals surface area contributed by atoms with E-state index in [0.717, 1.165) is 22.7 Å². The van der Waals surface area contributed by atoms with Gasteiger partial charge < -0.3 is 10.6 Å². The molecule has 2 atom stereocenters. The normalized spacial score (nSPS) is 12.2. The van der Waals surface area contributed by atoms with Gasteiger partial charge in [0, 0.05) is 12.1 Å². The van der Waals surface area contributed by atoms with Crippen LogP contribution in [0.3, 0.4) is 0 Å². The zero-order valence-corrected chi connectivity index (χ0v) is 22.9. The van der Waals surface area contributed by atoms with Crippen molar-refractivity contribution in [2.45, 2.75) is 25.9 Å². The van der Waals surface area contributed by atoms with Gasteiger partial charge in [0.05, 0.1) is 35.8 Å². The van der Waals surface area contributed by atoms with E-state index >= 15 is 0 Å². The molecule has 6 rings (SSSR count). The van der Waals surface area contributed by atoms with Gasteiger partial charge in [-0.1, -0.05) is 84.4 Å². The second-order valence-corrected chi connectivity index (χ2v) is 9.53. The van der Waals surface area contributed by atoms with Crippen molar-refractivity contribution in [2.75, 3.05) is 10.6 Å². The van der Waals surface area contributed by atoms with E-state index in [2.05, 4.69) is 73.7 Å². The van der Waals surface area contributed by atoms with Crippen LogP contribution < -0.4 is 10.6 Å². The van der Waals surface area contributed by atoms with Crippen LogP contribution >= 0.6 is 11.6 Å². The molecule has 0 aliphatic carbocycles. The van der Waals surface area contributed by atoms with Gasteiger partial charge in [-0.15, -0.1) is 0 Å². The fourth-order valence-corrected chi connectivity index (χ4v) is 4.34. The van der Waals surface area contributed by atoms with Crippen LogP contribution in [0.5, 0.6) is 0 Å². The Morgan fingerprint density at radius 1 is 0.650 bits per heavy atom. The standard InChI is InChI=1S/C19H17N5.C12H12ClN3/c1-14(15-7-3-2-4-8-15)22-18-11-20-12-19(23-18)24-13-21-16-9-5-6-10-17(16)24;1-9(10-5-3-2-4-6-10)15-12-8-14-7-11(13)16-12/h2-14H,1H3,(H,22,23);2-9H,1H3,(H,15,16)/t14-;9-/m00/s1. The molecule has 0 radical (unpaired) electrons. The fourth-order valence-electron chi connectivity index (χ4n) is 4.19. The Morgan fingerprint density at radius 2 is 1.20 bits per heavy atom. The van der Waals surface area contributed by atoms with Crippen molar-refractivity contribution in [2.24, 2.45) is 0 Å². The summed E-state index contributed by atoms with van der Waals surface area (Å²) < 4.78 is 1.95. The average molecular weight is 549 g/mol. The van der Waals surface area contributed by atoms with E-state index in [1.165, 1.54) is 17.3 Å². The van der Waals surface area contributed by atoms with Gasteiger partial charge in [-0.05, 0) is 37.1 Å². The van der Waals surface area contributed by atoms with Crippen LogP contribution in [0.25, 0.3) is 16.9 Å². The lowest BCUT2D eigenvalue weighted by Gasteiger charge is -2.15. The Hall–Kier alpha value is -4.82. The van der Waals surface area contributed by atoms with Gasteiger partial charge in [-0.3, -0.25) is 14.5 Å². The van der Waals surface area contributed by atoms with Crippen LogP contribution in [0.2, 0.25) is 5.15 Å². The van der Waals surface area contributed by atoms with Gasteiger partial charge in [0.1, 0.15) is 23.1 Å². The number of hydrogen-bond donors (Lipinski definition) is 2. The summed E-state index contributed by atoms with van der Waals surface area (Å²) in [6.45, 7) is 4.17. The zero-order valence-electron chi connectivity index (χ0n) is 22.2. The van der Waals surface area contributed by atoms with Crippen LogP contribution in [0.15, 0.2) is 116 Å².